The summed E-state index contributed by atoms with van der Waals surface area (Å²) in [5.74, 6) is -0.150. The zero-order valence-electron chi connectivity index (χ0n) is 9.09. The molecule has 0 aliphatic rings. The monoisotopic (exact) mass is 192 g/mol. The Hall–Kier alpha value is -1.38. The Morgan fingerprint density at radius 2 is 2.00 bits per heavy atom. The molecular weight excluding hydrogens is 176 g/mol. The van der Waals surface area contributed by atoms with Crippen molar-refractivity contribution in [3.63, 3.8) is 0 Å². The first-order valence-electron chi connectivity index (χ1n) is 4.71. The molecule has 0 aliphatic carbocycles. The number of aromatic nitrogens is 1. The number of hydrogen-bond donors (Lipinski definition) is 1. The van der Waals surface area contributed by atoms with E-state index in [0.717, 1.165) is 16.8 Å². The number of aryl methyl sites for hydroxylation is 1. The third-order valence-corrected chi connectivity index (χ3v) is 2.37. The van der Waals surface area contributed by atoms with Crippen LogP contribution in [0.2, 0.25) is 0 Å². The molecule has 0 aromatic carbocycles. The third kappa shape index (κ3) is 1.92. The second kappa shape index (κ2) is 3.78. The molecular formula is C11H16N2O. The Morgan fingerprint density at radius 1 is 1.43 bits per heavy atom. The van der Waals surface area contributed by atoms with Crippen molar-refractivity contribution in [3.8, 4) is 0 Å². The highest BCUT2D eigenvalue weighted by molar-refractivity contribution is 5.91. The predicted molar refractivity (Wildman–Crippen MR) is 56.3 cm³/mol. The predicted octanol–water partition coefficient (Wildman–Crippen LogP) is 1.92. The van der Waals surface area contributed by atoms with Gasteiger partial charge in [-0.25, -0.2) is 4.98 Å². The molecule has 3 nitrogen and oxygen atoms in total. The van der Waals surface area contributed by atoms with Crippen LogP contribution in [0, 0.1) is 13.8 Å². The number of hydrogen-bond acceptors (Lipinski definition) is 2. The van der Waals surface area contributed by atoms with Gasteiger partial charge in [0.15, 0.2) is 0 Å². The maximum absolute atomic E-state index is 11.0. The lowest BCUT2D eigenvalue weighted by molar-refractivity contribution is 0.0995. The highest BCUT2D eigenvalue weighted by Gasteiger charge is 2.11. The molecule has 0 fully saturated rings. The van der Waals surface area contributed by atoms with Crippen molar-refractivity contribution in [2.75, 3.05) is 0 Å². The van der Waals surface area contributed by atoms with Gasteiger partial charge in [0.2, 0.25) is 0 Å². The Bertz CT molecular complexity index is 370. The molecule has 0 saturated heterocycles. The van der Waals surface area contributed by atoms with E-state index >= 15 is 0 Å². The molecule has 1 rings (SSSR count). The number of nitrogens with two attached hydrogens (primary N) is 1. The second-order valence-corrected chi connectivity index (χ2v) is 3.85. The Morgan fingerprint density at radius 3 is 2.43 bits per heavy atom. The van der Waals surface area contributed by atoms with Gasteiger partial charge in [-0.15, -0.1) is 0 Å². The van der Waals surface area contributed by atoms with Crippen LogP contribution in [0.15, 0.2) is 6.07 Å². The Labute approximate surface area is 84.3 Å². The van der Waals surface area contributed by atoms with E-state index in [1.807, 2.05) is 13.8 Å². The van der Waals surface area contributed by atoms with Gasteiger partial charge in [-0.3, -0.25) is 4.79 Å². The van der Waals surface area contributed by atoms with Crippen LogP contribution < -0.4 is 5.73 Å². The molecule has 3 heteroatoms. The van der Waals surface area contributed by atoms with E-state index in [-0.39, 0.29) is 0 Å². The molecule has 0 aliphatic heterocycles. The van der Waals surface area contributed by atoms with E-state index in [2.05, 4.69) is 18.8 Å². The first kappa shape index (κ1) is 10.7. The van der Waals surface area contributed by atoms with E-state index in [1.165, 1.54) is 0 Å². The Balaban J connectivity index is 3.35. The molecule has 1 aromatic heterocycles. The topological polar surface area (TPSA) is 56.0 Å². The van der Waals surface area contributed by atoms with Crippen LogP contribution in [0.25, 0.3) is 0 Å². The molecule has 0 saturated carbocycles. The maximum atomic E-state index is 11.0. The van der Waals surface area contributed by atoms with Crippen molar-refractivity contribution in [3.05, 3.63) is 28.6 Å². The standard InChI is InChI=1S/C11H16N2O/c1-6(2)10-8(4)7(3)5-9(13-10)11(12)14/h5-6H,1-4H3,(H2,12,14). The summed E-state index contributed by atoms with van der Waals surface area (Å²) in [6.45, 7) is 8.09. The normalized spacial score (nSPS) is 10.6. The van der Waals surface area contributed by atoms with E-state index in [0.29, 0.717) is 11.6 Å². The highest BCUT2D eigenvalue weighted by atomic mass is 16.1. The van der Waals surface area contributed by atoms with Gasteiger partial charge < -0.3 is 5.73 Å². The molecule has 1 heterocycles. The van der Waals surface area contributed by atoms with Crippen molar-refractivity contribution in [2.45, 2.75) is 33.6 Å². The van der Waals surface area contributed by atoms with Gasteiger partial charge in [-0.1, -0.05) is 13.8 Å². The van der Waals surface area contributed by atoms with Gasteiger partial charge in [-0.05, 0) is 37.0 Å². The molecule has 0 unspecified atom stereocenters. The van der Waals surface area contributed by atoms with Crippen LogP contribution in [0.5, 0.6) is 0 Å². The lowest BCUT2D eigenvalue weighted by Gasteiger charge is -2.12. The number of nitrogens with zero attached hydrogens (tertiary/aromatic N) is 1. The summed E-state index contributed by atoms with van der Waals surface area (Å²) in [7, 11) is 0. The van der Waals surface area contributed by atoms with Crippen LogP contribution in [-0.4, -0.2) is 10.9 Å². The number of rotatable bonds is 2. The number of carbonyl (C=O) groups is 1. The van der Waals surface area contributed by atoms with Crippen molar-refractivity contribution in [2.24, 2.45) is 5.73 Å². The average Bonchev–Trinajstić information content (AvgIpc) is 2.08. The van der Waals surface area contributed by atoms with Gasteiger partial charge in [0, 0.05) is 5.69 Å². The van der Waals surface area contributed by atoms with Crippen LogP contribution in [0.1, 0.15) is 47.1 Å². The molecule has 2 N–H and O–H groups in total. The number of amides is 1. The summed E-state index contributed by atoms with van der Waals surface area (Å²) in [6.07, 6.45) is 0. The van der Waals surface area contributed by atoms with Crippen LogP contribution in [0.3, 0.4) is 0 Å². The molecule has 0 bridgehead atoms. The minimum absolute atomic E-state index is 0.313. The lowest BCUT2D eigenvalue weighted by Crippen LogP contribution is -2.15. The third-order valence-electron chi connectivity index (χ3n) is 2.37. The Kier molecular flexibility index (Phi) is 2.89. The first-order chi connectivity index (χ1) is 6.43. The highest BCUT2D eigenvalue weighted by Crippen LogP contribution is 2.20. The first-order valence-corrected chi connectivity index (χ1v) is 4.71. The lowest BCUT2D eigenvalue weighted by atomic mass is 10.00. The maximum Gasteiger partial charge on any atom is 0.267 e. The SMILES string of the molecule is Cc1cc(C(N)=O)nc(C(C)C)c1C. The second-order valence-electron chi connectivity index (χ2n) is 3.85. The number of pyridine rings is 1. The molecule has 0 atom stereocenters. The van der Waals surface area contributed by atoms with Gasteiger partial charge >= 0.3 is 0 Å². The summed E-state index contributed by atoms with van der Waals surface area (Å²) < 4.78 is 0. The minimum atomic E-state index is -0.463. The molecule has 1 aromatic rings. The fourth-order valence-electron chi connectivity index (χ4n) is 1.45. The van der Waals surface area contributed by atoms with E-state index in [4.69, 9.17) is 5.73 Å². The molecule has 14 heavy (non-hydrogen) atoms. The molecule has 0 spiro atoms. The molecule has 0 radical (unpaired) electrons. The van der Waals surface area contributed by atoms with Crippen LogP contribution in [0.4, 0.5) is 0 Å². The summed E-state index contributed by atoms with van der Waals surface area (Å²) in [5.41, 5.74) is 8.73. The molecule has 76 valence electrons. The van der Waals surface area contributed by atoms with Crippen molar-refractivity contribution in [1.82, 2.24) is 4.98 Å². The molecule has 1 amide bonds. The summed E-state index contributed by atoms with van der Waals surface area (Å²) >= 11 is 0. The fourth-order valence-corrected chi connectivity index (χ4v) is 1.45. The van der Waals surface area contributed by atoms with E-state index < -0.39 is 5.91 Å². The number of primary amides is 1. The zero-order valence-corrected chi connectivity index (χ0v) is 9.09. The summed E-state index contributed by atoms with van der Waals surface area (Å²) in [6, 6.07) is 1.74. The summed E-state index contributed by atoms with van der Waals surface area (Å²) in [5, 5.41) is 0. The van der Waals surface area contributed by atoms with Gasteiger partial charge in [0.25, 0.3) is 5.91 Å². The van der Waals surface area contributed by atoms with Gasteiger partial charge in [0.05, 0.1) is 0 Å². The minimum Gasteiger partial charge on any atom is -0.364 e. The number of carbonyl (C=O) groups excluding carboxylic acids is 1. The smallest absolute Gasteiger partial charge is 0.267 e. The quantitative estimate of drug-likeness (QED) is 0.778. The fraction of sp³-hybridized carbons (Fsp3) is 0.455. The average molecular weight is 192 g/mol. The van der Waals surface area contributed by atoms with Gasteiger partial charge in [-0.2, -0.15) is 0 Å². The summed E-state index contributed by atoms with van der Waals surface area (Å²) in [4.78, 5) is 15.3. The van der Waals surface area contributed by atoms with Crippen LogP contribution in [-0.2, 0) is 0 Å². The van der Waals surface area contributed by atoms with Crippen molar-refractivity contribution < 1.29 is 4.79 Å². The van der Waals surface area contributed by atoms with Gasteiger partial charge in [0.1, 0.15) is 5.69 Å². The zero-order chi connectivity index (χ0) is 10.9. The van der Waals surface area contributed by atoms with Crippen LogP contribution >= 0.6 is 0 Å². The van der Waals surface area contributed by atoms with Crippen molar-refractivity contribution >= 4 is 5.91 Å². The van der Waals surface area contributed by atoms with E-state index in [1.54, 1.807) is 6.07 Å². The van der Waals surface area contributed by atoms with Crippen molar-refractivity contribution in [1.29, 1.82) is 0 Å². The van der Waals surface area contributed by atoms with E-state index in [9.17, 15) is 4.79 Å². The largest absolute Gasteiger partial charge is 0.364 e.